The smallest absolute Gasteiger partial charge is 0.222 e. The van der Waals surface area contributed by atoms with Crippen LogP contribution in [0.1, 0.15) is 16.7 Å². The lowest BCUT2D eigenvalue weighted by Crippen LogP contribution is -2.02. The third-order valence-corrected chi connectivity index (χ3v) is 4.46. The first-order valence-corrected chi connectivity index (χ1v) is 9.32. The summed E-state index contributed by atoms with van der Waals surface area (Å²) in [6.45, 7) is 2.51. The number of para-hydroxylation sites is 3. The minimum Gasteiger partial charge on any atom is -0.493 e. The second-order valence-electron chi connectivity index (χ2n) is 6.63. The van der Waals surface area contributed by atoms with Crippen molar-refractivity contribution in [3.8, 4) is 11.5 Å². The van der Waals surface area contributed by atoms with Crippen molar-refractivity contribution in [3.63, 3.8) is 0 Å². The molecule has 2 N–H and O–H groups in total. The maximum absolute atomic E-state index is 6.08. The van der Waals surface area contributed by atoms with Crippen LogP contribution in [0.5, 0.6) is 11.5 Å². The van der Waals surface area contributed by atoms with Crippen molar-refractivity contribution >= 4 is 23.2 Å². The molecule has 1 heterocycles. The van der Waals surface area contributed by atoms with Gasteiger partial charge in [0.05, 0.1) is 24.4 Å². The van der Waals surface area contributed by atoms with Crippen molar-refractivity contribution in [2.24, 2.45) is 5.10 Å². The van der Waals surface area contributed by atoms with E-state index in [1.165, 1.54) is 5.56 Å². The molecule has 0 spiro atoms. The van der Waals surface area contributed by atoms with E-state index in [-0.39, 0.29) is 0 Å². The Morgan fingerprint density at radius 3 is 2.76 bits per heavy atom. The molecule has 146 valence electrons. The average molecular weight is 386 g/mol. The highest BCUT2D eigenvalue weighted by Gasteiger charge is 2.10. The largest absolute Gasteiger partial charge is 0.493 e. The zero-order valence-electron chi connectivity index (χ0n) is 16.3. The zero-order valence-corrected chi connectivity index (χ0v) is 16.3. The second-order valence-corrected chi connectivity index (χ2v) is 6.63. The Bertz CT molecular complexity index is 1120. The summed E-state index contributed by atoms with van der Waals surface area (Å²) in [6.07, 6.45) is 1.70. The lowest BCUT2D eigenvalue weighted by atomic mass is 10.1. The molecule has 4 aromatic rings. The van der Waals surface area contributed by atoms with E-state index in [9.17, 15) is 0 Å². The van der Waals surface area contributed by atoms with Crippen LogP contribution >= 0.6 is 0 Å². The van der Waals surface area contributed by atoms with Crippen LogP contribution in [0, 0.1) is 6.92 Å². The summed E-state index contributed by atoms with van der Waals surface area (Å²) < 4.78 is 11.6. The Labute approximate surface area is 169 Å². The predicted octanol–water partition coefficient (Wildman–Crippen LogP) is 4.90. The number of ether oxygens (including phenoxy) is 2. The van der Waals surface area contributed by atoms with Crippen molar-refractivity contribution < 1.29 is 9.47 Å². The number of hydrogen-bond acceptors (Lipinski definition) is 5. The number of rotatable bonds is 7. The molecule has 6 nitrogen and oxygen atoms in total. The molecule has 4 rings (SSSR count). The number of methoxy groups -OCH3 is 1. The third kappa shape index (κ3) is 4.38. The Morgan fingerprint density at radius 1 is 1.07 bits per heavy atom. The van der Waals surface area contributed by atoms with Gasteiger partial charge in [0, 0.05) is 5.56 Å². The van der Waals surface area contributed by atoms with Crippen LogP contribution in [-0.2, 0) is 6.61 Å². The van der Waals surface area contributed by atoms with Gasteiger partial charge in [0.1, 0.15) is 6.61 Å². The fourth-order valence-electron chi connectivity index (χ4n) is 3.08. The number of hydrogen-bond donors (Lipinski definition) is 2. The Hall–Kier alpha value is -3.80. The zero-order chi connectivity index (χ0) is 20.1. The van der Waals surface area contributed by atoms with Gasteiger partial charge in [-0.3, -0.25) is 0 Å². The van der Waals surface area contributed by atoms with Crippen LogP contribution < -0.4 is 14.9 Å². The monoisotopic (exact) mass is 386 g/mol. The molecule has 6 heteroatoms. The van der Waals surface area contributed by atoms with Gasteiger partial charge in [0.15, 0.2) is 11.5 Å². The summed E-state index contributed by atoms with van der Waals surface area (Å²) in [5.41, 5.74) is 7.87. The van der Waals surface area contributed by atoms with Gasteiger partial charge in [0.2, 0.25) is 5.95 Å². The number of anilines is 1. The number of nitrogens with one attached hydrogen (secondary N) is 2. The number of fused-ring (bicyclic) bond motifs is 1. The average Bonchev–Trinajstić information content (AvgIpc) is 3.15. The molecule has 0 radical (unpaired) electrons. The van der Waals surface area contributed by atoms with Gasteiger partial charge in [-0.05, 0) is 36.8 Å². The SMILES string of the molecule is COc1cccc(/C=N\Nc2nc3ccccc3[nH]2)c1OCc1cccc(C)c1. The molecular formula is C23H22N4O2. The molecule has 0 atom stereocenters. The predicted molar refractivity (Wildman–Crippen MR) is 116 cm³/mol. The van der Waals surface area contributed by atoms with Gasteiger partial charge in [-0.1, -0.05) is 48.0 Å². The highest BCUT2D eigenvalue weighted by atomic mass is 16.5. The topological polar surface area (TPSA) is 71.5 Å². The van der Waals surface area contributed by atoms with Crippen LogP contribution in [0.3, 0.4) is 0 Å². The standard InChI is InChI=1S/C23H22N4O2/c1-16-7-5-8-17(13-16)15-29-22-18(9-6-12-21(22)28-2)14-24-27-23-25-19-10-3-4-11-20(19)26-23/h3-14H,15H2,1-2H3,(H2,25,26,27)/b24-14-. The molecule has 0 bridgehead atoms. The van der Waals surface area contributed by atoms with Gasteiger partial charge in [-0.15, -0.1) is 0 Å². The van der Waals surface area contributed by atoms with Crippen LogP contribution in [0.25, 0.3) is 11.0 Å². The minimum atomic E-state index is 0.444. The molecule has 0 saturated heterocycles. The summed E-state index contributed by atoms with van der Waals surface area (Å²) >= 11 is 0. The molecule has 0 amide bonds. The molecule has 0 aliphatic rings. The van der Waals surface area contributed by atoms with Gasteiger partial charge in [-0.25, -0.2) is 10.4 Å². The summed E-state index contributed by atoms with van der Waals surface area (Å²) in [5, 5.41) is 4.31. The Morgan fingerprint density at radius 2 is 1.93 bits per heavy atom. The minimum absolute atomic E-state index is 0.444. The van der Waals surface area contributed by atoms with Crippen molar-refractivity contribution in [3.05, 3.63) is 83.4 Å². The number of aromatic amines is 1. The first-order chi connectivity index (χ1) is 14.2. The van der Waals surface area contributed by atoms with Gasteiger partial charge in [-0.2, -0.15) is 5.10 Å². The van der Waals surface area contributed by atoms with Gasteiger partial charge >= 0.3 is 0 Å². The van der Waals surface area contributed by atoms with Crippen LogP contribution in [-0.4, -0.2) is 23.3 Å². The van der Waals surface area contributed by atoms with Crippen LogP contribution in [0.15, 0.2) is 71.8 Å². The van der Waals surface area contributed by atoms with Gasteiger partial charge in [0.25, 0.3) is 0 Å². The maximum Gasteiger partial charge on any atom is 0.222 e. The number of imidazole rings is 1. The van der Waals surface area contributed by atoms with Crippen molar-refractivity contribution in [1.29, 1.82) is 0 Å². The van der Waals surface area contributed by atoms with Crippen molar-refractivity contribution in [1.82, 2.24) is 9.97 Å². The number of aromatic nitrogens is 2. The van der Waals surface area contributed by atoms with E-state index in [0.29, 0.717) is 24.1 Å². The maximum atomic E-state index is 6.08. The van der Waals surface area contributed by atoms with Crippen molar-refractivity contribution in [2.45, 2.75) is 13.5 Å². The van der Waals surface area contributed by atoms with E-state index in [2.05, 4.69) is 39.6 Å². The molecule has 3 aromatic carbocycles. The van der Waals surface area contributed by atoms with E-state index >= 15 is 0 Å². The molecular weight excluding hydrogens is 364 g/mol. The highest BCUT2D eigenvalue weighted by Crippen LogP contribution is 2.31. The summed E-state index contributed by atoms with van der Waals surface area (Å²) in [6, 6.07) is 21.8. The number of hydrazone groups is 1. The molecule has 0 unspecified atom stereocenters. The van der Waals surface area contributed by atoms with E-state index < -0.39 is 0 Å². The normalized spacial score (nSPS) is 11.1. The molecule has 0 aliphatic heterocycles. The highest BCUT2D eigenvalue weighted by molar-refractivity contribution is 5.85. The van der Waals surface area contributed by atoms with E-state index in [4.69, 9.17) is 9.47 Å². The Kier molecular flexibility index (Phi) is 5.42. The number of H-pyrrole nitrogens is 1. The van der Waals surface area contributed by atoms with E-state index in [1.807, 2.05) is 54.6 Å². The first kappa shape index (κ1) is 18.6. The van der Waals surface area contributed by atoms with Crippen molar-refractivity contribution in [2.75, 3.05) is 12.5 Å². The van der Waals surface area contributed by atoms with E-state index in [1.54, 1.807) is 13.3 Å². The molecule has 0 aliphatic carbocycles. The third-order valence-electron chi connectivity index (χ3n) is 4.46. The molecule has 0 saturated carbocycles. The molecule has 29 heavy (non-hydrogen) atoms. The lowest BCUT2D eigenvalue weighted by molar-refractivity contribution is 0.284. The lowest BCUT2D eigenvalue weighted by Gasteiger charge is -2.13. The molecule has 1 aromatic heterocycles. The Balaban J connectivity index is 1.52. The fourth-order valence-corrected chi connectivity index (χ4v) is 3.08. The summed E-state index contributed by atoms with van der Waals surface area (Å²) in [5.74, 6) is 1.88. The second kappa shape index (κ2) is 8.48. The number of aryl methyl sites for hydroxylation is 1. The molecule has 0 fully saturated rings. The fraction of sp³-hybridized carbons (Fsp3) is 0.130. The van der Waals surface area contributed by atoms with Crippen LogP contribution in [0.4, 0.5) is 5.95 Å². The van der Waals surface area contributed by atoms with Crippen LogP contribution in [0.2, 0.25) is 0 Å². The number of nitrogens with zero attached hydrogens (tertiary/aromatic N) is 2. The quantitative estimate of drug-likeness (QED) is 0.350. The summed E-state index contributed by atoms with van der Waals surface area (Å²) in [4.78, 5) is 7.63. The summed E-state index contributed by atoms with van der Waals surface area (Å²) in [7, 11) is 1.63. The number of benzene rings is 3. The van der Waals surface area contributed by atoms with E-state index in [0.717, 1.165) is 22.2 Å². The first-order valence-electron chi connectivity index (χ1n) is 9.32. The van der Waals surface area contributed by atoms with Gasteiger partial charge < -0.3 is 14.5 Å².